The minimum absolute atomic E-state index is 0.0334. The van der Waals surface area contributed by atoms with Crippen molar-refractivity contribution < 1.29 is 9.59 Å². The Kier molecular flexibility index (Phi) is 3.71. The maximum absolute atomic E-state index is 12.8. The average molecular weight is 300 g/mol. The summed E-state index contributed by atoms with van der Waals surface area (Å²) in [5.74, 6) is 0.152. The van der Waals surface area contributed by atoms with Gasteiger partial charge in [-0.25, -0.2) is 0 Å². The summed E-state index contributed by atoms with van der Waals surface area (Å²) in [5, 5.41) is 6.34. The molecule has 1 aromatic carbocycles. The SMILES string of the molecule is CC(C)(C(=O)NC1CCC(=O)NC12CCC2)c1ccccc1. The van der Waals surface area contributed by atoms with Crippen molar-refractivity contribution in [2.45, 2.75) is 62.9 Å². The number of amides is 2. The summed E-state index contributed by atoms with van der Waals surface area (Å²) in [6.07, 6.45) is 4.29. The Balaban J connectivity index is 1.75. The summed E-state index contributed by atoms with van der Waals surface area (Å²) >= 11 is 0. The van der Waals surface area contributed by atoms with Gasteiger partial charge in [-0.2, -0.15) is 0 Å². The normalized spacial score (nSPS) is 23.5. The van der Waals surface area contributed by atoms with Crippen LogP contribution in [-0.4, -0.2) is 23.4 Å². The lowest BCUT2D eigenvalue weighted by atomic mass is 9.68. The maximum Gasteiger partial charge on any atom is 0.230 e. The van der Waals surface area contributed by atoms with Gasteiger partial charge in [0.2, 0.25) is 11.8 Å². The number of nitrogens with one attached hydrogen (secondary N) is 2. The molecule has 3 rings (SSSR count). The van der Waals surface area contributed by atoms with Crippen molar-refractivity contribution in [3.63, 3.8) is 0 Å². The standard InChI is InChI=1S/C18H24N2O2/c1-17(2,13-7-4-3-5-8-13)16(22)19-14-9-10-15(21)20-18(14)11-6-12-18/h3-5,7-8,14H,6,9-12H2,1-2H3,(H,19,22)(H,20,21). The van der Waals surface area contributed by atoms with E-state index >= 15 is 0 Å². The van der Waals surface area contributed by atoms with E-state index in [9.17, 15) is 9.59 Å². The summed E-state index contributed by atoms with van der Waals surface area (Å²) in [5.41, 5.74) is 0.237. The molecule has 2 N–H and O–H groups in total. The summed E-state index contributed by atoms with van der Waals surface area (Å²) in [6, 6.07) is 9.90. The van der Waals surface area contributed by atoms with Crippen LogP contribution in [0.3, 0.4) is 0 Å². The maximum atomic E-state index is 12.8. The van der Waals surface area contributed by atoms with E-state index in [1.807, 2.05) is 44.2 Å². The van der Waals surface area contributed by atoms with Gasteiger partial charge in [-0.15, -0.1) is 0 Å². The Bertz CT molecular complexity index is 576. The molecule has 1 aromatic rings. The van der Waals surface area contributed by atoms with Gasteiger partial charge in [0, 0.05) is 6.42 Å². The highest BCUT2D eigenvalue weighted by atomic mass is 16.2. The van der Waals surface area contributed by atoms with E-state index in [2.05, 4.69) is 10.6 Å². The van der Waals surface area contributed by atoms with E-state index in [0.717, 1.165) is 31.2 Å². The largest absolute Gasteiger partial charge is 0.350 e. The molecular formula is C18H24N2O2. The fourth-order valence-electron chi connectivity index (χ4n) is 3.55. The molecule has 1 aliphatic heterocycles. The first-order valence-electron chi connectivity index (χ1n) is 8.12. The Labute approximate surface area is 131 Å². The van der Waals surface area contributed by atoms with Crippen molar-refractivity contribution in [3.05, 3.63) is 35.9 Å². The van der Waals surface area contributed by atoms with Crippen molar-refractivity contribution in [2.75, 3.05) is 0 Å². The molecule has 1 saturated carbocycles. The lowest BCUT2D eigenvalue weighted by molar-refractivity contribution is -0.133. The van der Waals surface area contributed by atoms with Gasteiger partial charge < -0.3 is 10.6 Å². The molecule has 1 saturated heterocycles. The first-order chi connectivity index (χ1) is 10.4. The monoisotopic (exact) mass is 300 g/mol. The van der Waals surface area contributed by atoms with Crippen molar-refractivity contribution in [1.82, 2.24) is 10.6 Å². The van der Waals surface area contributed by atoms with Crippen LogP contribution in [0.25, 0.3) is 0 Å². The van der Waals surface area contributed by atoms with Crippen molar-refractivity contribution in [3.8, 4) is 0 Å². The van der Waals surface area contributed by atoms with E-state index in [-0.39, 0.29) is 23.4 Å². The molecule has 1 atom stereocenters. The number of rotatable bonds is 3. The predicted octanol–water partition coefficient (Wildman–Crippen LogP) is 2.28. The molecule has 2 fully saturated rings. The quantitative estimate of drug-likeness (QED) is 0.900. The highest BCUT2D eigenvalue weighted by Gasteiger charge is 2.49. The number of piperidine rings is 1. The Morgan fingerprint density at radius 3 is 2.55 bits per heavy atom. The molecule has 4 nitrogen and oxygen atoms in total. The molecule has 1 unspecified atom stereocenters. The number of carbonyl (C=O) groups is 2. The zero-order valence-electron chi connectivity index (χ0n) is 13.3. The second-order valence-corrected chi connectivity index (χ2v) is 7.11. The lowest BCUT2D eigenvalue weighted by Crippen LogP contribution is -2.69. The molecule has 0 bridgehead atoms. The third-order valence-electron chi connectivity index (χ3n) is 5.33. The molecule has 1 heterocycles. The van der Waals surface area contributed by atoms with Crippen LogP contribution < -0.4 is 10.6 Å². The van der Waals surface area contributed by atoms with Crippen LogP contribution in [0.5, 0.6) is 0 Å². The summed E-state index contributed by atoms with van der Waals surface area (Å²) in [4.78, 5) is 24.5. The minimum Gasteiger partial charge on any atom is -0.350 e. The average Bonchev–Trinajstić information content (AvgIpc) is 2.48. The van der Waals surface area contributed by atoms with Gasteiger partial charge in [0.25, 0.3) is 0 Å². The third kappa shape index (κ3) is 2.51. The number of hydrogen-bond donors (Lipinski definition) is 2. The minimum atomic E-state index is -0.576. The second-order valence-electron chi connectivity index (χ2n) is 7.11. The highest BCUT2D eigenvalue weighted by Crippen LogP contribution is 2.39. The Morgan fingerprint density at radius 2 is 1.95 bits per heavy atom. The van der Waals surface area contributed by atoms with Gasteiger partial charge >= 0.3 is 0 Å². The van der Waals surface area contributed by atoms with E-state index < -0.39 is 5.41 Å². The number of benzene rings is 1. The third-order valence-corrected chi connectivity index (χ3v) is 5.33. The molecule has 2 aliphatic rings. The zero-order valence-corrected chi connectivity index (χ0v) is 13.3. The smallest absolute Gasteiger partial charge is 0.230 e. The van der Waals surface area contributed by atoms with Gasteiger partial charge in [-0.3, -0.25) is 9.59 Å². The first-order valence-corrected chi connectivity index (χ1v) is 8.12. The number of carbonyl (C=O) groups excluding carboxylic acids is 2. The fourth-order valence-corrected chi connectivity index (χ4v) is 3.55. The van der Waals surface area contributed by atoms with Gasteiger partial charge in [-0.1, -0.05) is 30.3 Å². The summed E-state index contributed by atoms with van der Waals surface area (Å²) in [7, 11) is 0. The molecule has 0 aromatic heterocycles. The molecule has 118 valence electrons. The van der Waals surface area contributed by atoms with Gasteiger partial charge in [0.15, 0.2) is 0 Å². The summed E-state index contributed by atoms with van der Waals surface area (Å²) < 4.78 is 0. The van der Waals surface area contributed by atoms with E-state index in [1.165, 1.54) is 0 Å². The molecule has 4 heteroatoms. The lowest BCUT2D eigenvalue weighted by Gasteiger charge is -2.51. The van der Waals surface area contributed by atoms with Crippen LogP contribution in [0, 0.1) is 0 Å². The zero-order chi connectivity index (χ0) is 15.8. The molecule has 1 aliphatic carbocycles. The fraction of sp³-hybridized carbons (Fsp3) is 0.556. The Hall–Kier alpha value is -1.84. The predicted molar refractivity (Wildman–Crippen MR) is 85.4 cm³/mol. The van der Waals surface area contributed by atoms with Crippen molar-refractivity contribution in [2.24, 2.45) is 0 Å². The van der Waals surface area contributed by atoms with E-state index in [1.54, 1.807) is 0 Å². The topological polar surface area (TPSA) is 58.2 Å². The van der Waals surface area contributed by atoms with Crippen molar-refractivity contribution >= 4 is 11.8 Å². The molecule has 0 radical (unpaired) electrons. The highest BCUT2D eigenvalue weighted by molar-refractivity contribution is 5.88. The van der Waals surface area contributed by atoms with Crippen LogP contribution in [0.1, 0.15) is 51.5 Å². The second kappa shape index (κ2) is 5.41. The van der Waals surface area contributed by atoms with Crippen LogP contribution in [-0.2, 0) is 15.0 Å². The van der Waals surface area contributed by atoms with Crippen LogP contribution in [0.2, 0.25) is 0 Å². The molecular weight excluding hydrogens is 276 g/mol. The molecule has 2 amide bonds. The van der Waals surface area contributed by atoms with Crippen molar-refractivity contribution in [1.29, 1.82) is 0 Å². The van der Waals surface area contributed by atoms with Crippen LogP contribution in [0.4, 0.5) is 0 Å². The molecule has 22 heavy (non-hydrogen) atoms. The van der Waals surface area contributed by atoms with E-state index in [0.29, 0.717) is 6.42 Å². The van der Waals surface area contributed by atoms with Gasteiger partial charge in [0.05, 0.1) is 17.0 Å². The Morgan fingerprint density at radius 1 is 1.27 bits per heavy atom. The van der Waals surface area contributed by atoms with Gasteiger partial charge in [0.1, 0.15) is 0 Å². The molecule has 1 spiro atoms. The number of hydrogen-bond acceptors (Lipinski definition) is 2. The van der Waals surface area contributed by atoms with Crippen LogP contribution in [0.15, 0.2) is 30.3 Å². The van der Waals surface area contributed by atoms with Gasteiger partial charge in [-0.05, 0) is 45.1 Å². The van der Waals surface area contributed by atoms with Crippen LogP contribution >= 0.6 is 0 Å². The van der Waals surface area contributed by atoms with E-state index in [4.69, 9.17) is 0 Å². The summed E-state index contributed by atoms with van der Waals surface area (Å²) in [6.45, 7) is 3.90. The first kappa shape index (κ1) is 15.1.